The summed E-state index contributed by atoms with van der Waals surface area (Å²) < 4.78 is 42.0. The second-order valence-electron chi connectivity index (χ2n) is 8.00. The number of anilines is 1. The highest BCUT2D eigenvalue weighted by molar-refractivity contribution is 6.33. The Morgan fingerprint density at radius 1 is 1.11 bits per heavy atom. The molecule has 8 nitrogen and oxygen atoms in total. The quantitative estimate of drug-likeness (QED) is 0.317. The van der Waals surface area contributed by atoms with Crippen molar-refractivity contribution < 1.29 is 37.7 Å². The van der Waals surface area contributed by atoms with Gasteiger partial charge < -0.3 is 29.5 Å². The van der Waals surface area contributed by atoms with Crippen LogP contribution in [0.25, 0.3) is 0 Å². The zero-order chi connectivity index (χ0) is 26.6. The van der Waals surface area contributed by atoms with Crippen LogP contribution in [-0.4, -0.2) is 73.6 Å². The van der Waals surface area contributed by atoms with E-state index in [-0.39, 0.29) is 32.7 Å². The summed E-state index contributed by atoms with van der Waals surface area (Å²) in [6, 6.07) is 13.1. The van der Waals surface area contributed by atoms with Gasteiger partial charge in [0.15, 0.2) is 6.10 Å². The maximum Gasteiger partial charge on any atom is 0.333 e. The van der Waals surface area contributed by atoms with E-state index in [1.807, 2.05) is 0 Å². The summed E-state index contributed by atoms with van der Waals surface area (Å²) in [7, 11) is 0. The molecule has 2 amide bonds. The molecule has 0 bridgehead atoms. The summed E-state index contributed by atoms with van der Waals surface area (Å²) in [5.41, 5.74) is 1.19. The number of nitrogens with zero attached hydrogens (tertiary/aromatic N) is 1. The third kappa shape index (κ3) is 10.8. The average molecular weight is 529 g/mol. The Morgan fingerprint density at radius 3 is 2.39 bits per heavy atom. The van der Waals surface area contributed by atoms with Crippen LogP contribution in [0.3, 0.4) is 0 Å². The van der Waals surface area contributed by atoms with E-state index >= 15 is 0 Å². The Bertz CT molecular complexity index is 972. The number of hydrogen-bond donors (Lipinski definition) is 2. The molecule has 0 saturated heterocycles. The number of aliphatic carboxylic acids is 1. The van der Waals surface area contributed by atoms with Gasteiger partial charge in [0.25, 0.3) is 5.92 Å². The van der Waals surface area contributed by atoms with Gasteiger partial charge >= 0.3 is 12.0 Å². The third-order valence-electron chi connectivity index (χ3n) is 4.88. The van der Waals surface area contributed by atoms with Gasteiger partial charge in [0.2, 0.25) is 0 Å². The van der Waals surface area contributed by atoms with E-state index in [1.165, 1.54) is 4.90 Å². The fourth-order valence-electron chi connectivity index (χ4n) is 3.13. The van der Waals surface area contributed by atoms with E-state index in [2.05, 4.69) is 5.32 Å². The first kappa shape index (κ1) is 29.3. The highest BCUT2D eigenvalue weighted by atomic mass is 35.5. The van der Waals surface area contributed by atoms with Crippen LogP contribution < -0.4 is 10.1 Å². The minimum absolute atomic E-state index is 0.0582. The molecule has 0 aliphatic heterocycles. The zero-order valence-corrected chi connectivity index (χ0v) is 21.0. The van der Waals surface area contributed by atoms with Crippen molar-refractivity contribution in [2.24, 2.45) is 0 Å². The predicted octanol–water partition coefficient (Wildman–Crippen LogP) is 4.96. The van der Waals surface area contributed by atoms with Gasteiger partial charge in [-0.25, -0.2) is 18.4 Å². The molecule has 2 aromatic carbocycles. The number of alkyl halides is 2. The van der Waals surface area contributed by atoms with Crippen molar-refractivity contribution in [1.82, 2.24) is 4.90 Å². The summed E-state index contributed by atoms with van der Waals surface area (Å²) in [4.78, 5) is 25.4. The Kier molecular flexibility index (Phi) is 11.9. The van der Waals surface area contributed by atoms with E-state index in [1.54, 1.807) is 55.5 Å². The molecule has 11 heteroatoms. The van der Waals surface area contributed by atoms with E-state index < -0.39 is 30.6 Å². The topological polar surface area (TPSA) is 97.3 Å². The molecule has 2 rings (SSSR count). The Morgan fingerprint density at radius 2 is 1.78 bits per heavy atom. The van der Waals surface area contributed by atoms with Crippen LogP contribution >= 0.6 is 11.6 Å². The smallest absolute Gasteiger partial charge is 0.333 e. The molecule has 0 fully saturated rings. The lowest BCUT2D eigenvalue weighted by molar-refractivity contribution is -0.149. The average Bonchev–Trinajstić information content (AvgIpc) is 2.82. The first-order valence-electron chi connectivity index (χ1n) is 11.4. The van der Waals surface area contributed by atoms with Crippen molar-refractivity contribution >= 4 is 29.3 Å². The van der Waals surface area contributed by atoms with Gasteiger partial charge in [-0.3, -0.25) is 0 Å². The molecule has 0 aliphatic carbocycles. The van der Waals surface area contributed by atoms with Gasteiger partial charge in [0, 0.05) is 26.5 Å². The lowest BCUT2D eigenvalue weighted by Crippen LogP contribution is -2.40. The van der Waals surface area contributed by atoms with Crippen molar-refractivity contribution in [2.45, 2.75) is 32.3 Å². The van der Waals surface area contributed by atoms with Crippen LogP contribution in [0.4, 0.5) is 19.3 Å². The number of ether oxygens (including phenoxy) is 3. The molecule has 0 saturated carbocycles. The van der Waals surface area contributed by atoms with Crippen LogP contribution in [0, 0.1) is 0 Å². The molecule has 0 heterocycles. The van der Waals surface area contributed by atoms with Crippen molar-refractivity contribution in [2.75, 3.05) is 44.8 Å². The van der Waals surface area contributed by atoms with Crippen molar-refractivity contribution in [1.29, 1.82) is 0 Å². The number of hydrogen-bond acceptors (Lipinski definition) is 5. The SMILES string of the molecule is CCOC(Cc1ccc(OCCN(CCOCC(C)(F)F)C(=O)Nc2ccccc2Cl)cc1)C(=O)O. The molecule has 0 spiro atoms. The third-order valence-corrected chi connectivity index (χ3v) is 5.21. The van der Waals surface area contributed by atoms with Crippen LogP contribution in [0.2, 0.25) is 5.02 Å². The summed E-state index contributed by atoms with van der Waals surface area (Å²) in [6.07, 6.45) is -0.710. The molecule has 1 atom stereocenters. The maximum absolute atomic E-state index is 13.0. The highest BCUT2D eigenvalue weighted by Crippen LogP contribution is 2.21. The number of urea groups is 1. The standard InChI is InChI=1S/C25H31ClF2N2O6/c1-3-35-22(23(31)32)16-18-8-10-19(11-9-18)36-15-13-30(12-14-34-17-25(2,27)28)24(33)29-21-7-5-4-6-20(21)26/h4-11,22H,3,12-17H2,1-2H3,(H,29,33)(H,31,32). The number of carboxylic acid groups (broad SMARTS) is 1. The van der Waals surface area contributed by atoms with Crippen molar-refractivity contribution in [3.8, 4) is 5.75 Å². The monoisotopic (exact) mass is 528 g/mol. The van der Waals surface area contributed by atoms with Gasteiger partial charge in [-0.2, -0.15) is 0 Å². The molecule has 0 aromatic heterocycles. The normalized spacial score (nSPS) is 12.1. The number of para-hydroxylation sites is 1. The largest absolute Gasteiger partial charge is 0.492 e. The van der Waals surface area contributed by atoms with Gasteiger partial charge in [0.1, 0.15) is 19.0 Å². The summed E-state index contributed by atoms with van der Waals surface area (Å²) in [6.45, 7) is 2.28. The Balaban J connectivity index is 1.93. The number of carbonyl (C=O) groups is 2. The van der Waals surface area contributed by atoms with Crippen LogP contribution in [0.15, 0.2) is 48.5 Å². The first-order chi connectivity index (χ1) is 17.1. The van der Waals surface area contributed by atoms with Crippen LogP contribution in [-0.2, 0) is 20.7 Å². The molecular weight excluding hydrogens is 498 g/mol. The molecule has 2 N–H and O–H groups in total. The molecule has 198 valence electrons. The van der Waals surface area contributed by atoms with E-state index in [9.17, 15) is 23.5 Å². The second kappa shape index (κ2) is 14.6. The number of rotatable bonds is 15. The lowest BCUT2D eigenvalue weighted by Gasteiger charge is -2.24. The summed E-state index contributed by atoms with van der Waals surface area (Å²) in [5.74, 6) is -3.47. The molecule has 36 heavy (non-hydrogen) atoms. The van der Waals surface area contributed by atoms with Crippen molar-refractivity contribution in [3.63, 3.8) is 0 Å². The number of carboxylic acids is 1. The second-order valence-corrected chi connectivity index (χ2v) is 8.41. The van der Waals surface area contributed by atoms with Gasteiger partial charge in [-0.05, 0) is 36.8 Å². The minimum Gasteiger partial charge on any atom is -0.492 e. The van der Waals surface area contributed by atoms with E-state index in [0.717, 1.165) is 12.5 Å². The number of benzene rings is 2. The predicted molar refractivity (Wildman–Crippen MR) is 132 cm³/mol. The lowest BCUT2D eigenvalue weighted by atomic mass is 10.1. The molecule has 0 radical (unpaired) electrons. The molecule has 1 unspecified atom stereocenters. The first-order valence-corrected chi connectivity index (χ1v) is 11.8. The van der Waals surface area contributed by atoms with Crippen molar-refractivity contribution in [3.05, 3.63) is 59.1 Å². The van der Waals surface area contributed by atoms with E-state index in [4.69, 9.17) is 25.8 Å². The van der Waals surface area contributed by atoms with Gasteiger partial charge in [-0.1, -0.05) is 35.9 Å². The Hall–Kier alpha value is -2.95. The number of carbonyl (C=O) groups excluding carboxylic acids is 1. The Labute approximate surface area is 214 Å². The molecule has 2 aromatic rings. The highest BCUT2D eigenvalue weighted by Gasteiger charge is 2.22. The number of halogens is 3. The number of nitrogens with one attached hydrogen (secondary N) is 1. The van der Waals surface area contributed by atoms with Gasteiger partial charge in [-0.15, -0.1) is 0 Å². The van der Waals surface area contributed by atoms with E-state index in [0.29, 0.717) is 23.1 Å². The van der Waals surface area contributed by atoms with Crippen LogP contribution in [0.1, 0.15) is 19.4 Å². The van der Waals surface area contributed by atoms with Crippen LogP contribution in [0.5, 0.6) is 5.75 Å². The zero-order valence-electron chi connectivity index (χ0n) is 20.2. The van der Waals surface area contributed by atoms with Gasteiger partial charge in [0.05, 0.1) is 23.9 Å². The minimum atomic E-state index is -2.97. The summed E-state index contributed by atoms with van der Waals surface area (Å²) in [5, 5.41) is 12.3. The fourth-order valence-corrected chi connectivity index (χ4v) is 3.31. The number of amides is 2. The molecule has 0 aliphatic rings. The summed E-state index contributed by atoms with van der Waals surface area (Å²) >= 11 is 6.11. The maximum atomic E-state index is 13.0. The fraction of sp³-hybridized carbons (Fsp3) is 0.440. The molecular formula is C25H31ClF2N2O6.